The zero-order valence-corrected chi connectivity index (χ0v) is 14.1. The maximum Gasteiger partial charge on any atom is 0.141 e. The van der Waals surface area contributed by atoms with Gasteiger partial charge in [0.25, 0.3) is 0 Å². The maximum atomic E-state index is 5.53. The first-order valence-corrected chi connectivity index (χ1v) is 8.07. The van der Waals surface area contributed by atoms with Gasteiger partial charge in [0.05, 0.1) is 12.8 Å². The Bertz CT molecular complexity index is 459. The van der Waals surface area contributed by atoms with Gasteiger partial charge in [0.2, 0.25) is 0 Å². The summed E-state index contributed by atoms with van der Waals surface area (Å²) in [5.74, 6) is 2.53. The van der Waals surface area contributed by atoms with Gasteiger partial charge in [0, 0.05) is 12.6 Å². The van der Waals surface area contributed by atoms with E-state index < -0.39 is 0 Å². The second kappa shape index (κ2) is 7.17. The highest BCUT2D eigenvalue weighted by molar-refractivity contribution is 5.58. The molecule has 3 heteroatoms. The summed E-state index contributed by atoms with van der Waals surface area (Å²) in [6.45, 7) is 5.68. The minimum Gasteiger partial charge on any atom is -0.495 e. The summed E-state index contributed by atoms with van der Waals surface area (Å²) < 4.78 is 5.53. The monoisotopic (exact) mass is 290 g/mol. The summed E-state index contributed by atoms with van der Waals surface area (Å²) in [6.07, 6.45) is 3.89. The van der Waals surface area contributed by atoms with Crippen molar-refractivity contribution >= 4 is 5.69 Å². The van der Waals surface area contributed by atoms with E-state index >= 15 is 0 Å². The van der Waals surface area contributed by atoms with Gasteiger partial charge in [-0.15, -0.1) is 0 Å². The van der Waals surface area contributed by atoms with E-state index in [-0.39, 0.29) is 0 Å². The second-order valence-electron chi connectivity index (χ2n) is 6.92. The Kier molecular flexibility index (Phi) is 5.51. The van der Waals surface area contributed by atoms with Crippen molar-refractivity contribution in [1.29, 1.82) is 0 Å². The first kappa shape index (κ1) is 16.2. The standard InChI is InChI=1S/C18H30N2O/c1-13-6-8-16(14(2)10-13)19-17-11-15(12-20(3)4)7-9-18(17)21-5/h7,9,11,13-14,16,19H,6,8,10,12H2,1-5H3. The van der Waals surface area contributed by atoms with Gasteiger partial charge >= 0.3 is 0 Å². The molecule has 3 atom stereocenters. The molecule has 1 N–H and O–H groups in total. The molecule has 0 aliphatic heterocycles. The highest BCUT2D eigenvalue weighted by atomic mass is 16.5. The van der Waals surface area contributed by atoms with E-state index in [1.807, 2.05) is 0 Å². The quantitative estimate of drug-likeness (QED) is 0.887. The Hall–Kier alpha value is -1.22. The molecule has 2 rings (SSSR count). The normalized spacial score (nSPS) is 25.9. The van der Waals surface area contributed by atoms with Crippen molar-refractivity contribution in [3.8, 4) is 5.75 Å². The minimum absolute atomic E-state index is 0.560. The lowest BCUT2D eigenvalue weighted by Gasteiger charge is -2.34. The molecule has 0 heterocycles. The van der Waals surface area contributed by atoms with Crippen LogP contribution in [0.25, 0.3) is 0 Å². The van der Waals surface area contributed by atoms with E-state index in [0.717, 1.165) is 29.8 Å². The highest BCUT2D eigenvalue weighted by Gasteiger charge is 2.25. The van der Waals surface area contributed by atoms with Gasteiger partial charge < -0.3 is 15.0 Å². The number of nitrogens with one attached hydrogen (secondary N) is 1. The lowest BCUT2D eigenvalue weighted by molar-refractivity contribution is 0.276. The number of nitrogens with zero attached hydrogens (tertiary/aromatic N) is 1. The summed E-state index contributed by atoms with van der Waals surface area (Å²) >= 11 is 0. The van der Waals surface area contributed by atoms with E-state index in [9.17, 15) is 0 Å². The predicted molar refractivity (Wildman–Crippen MR) is 90.0 cm³/mol. The number of ether oxygens (including phenoxy) is 1. The van der Waals surface area contributed by atoms with E-state index in [1.54, 1.807) is 7.11 Å². The van der Waals surface area contributed by atoms with Crippen LogP contribution in [0.15, 0.2) is 18.2 Å². The molecule has 0 radical (unpaired) electrons. The number of anilines is 1. The number of benzene rings is 1. The van der Waals surface area contributed by atoms with Gasteiger partial charge in [-0.05, 0) is 62.9 Å². The highest BCUT2D eigenvalue weighted by Crippen LogP contribution is 2.34. The summed E-state index contributed by atoms with van der Waals surface area (Å²) in [4.78, 5) is 2.19. The van der Waals surface area contributed by atoms with Crippen molar-refractivity contribution in [2.75, 3.05) is 26.5 Å². The van der Waals surface area contributed by atoms with Crippen molar-refractivity contribution in [3.63, 3.8) is 0 Å². The number of methoxy groups -OCH3 is 1. The molecule has 0 saturated heterocycles. The molecule has 0 spiro atoms. The third kappa shape index (κ3) is 4.37. The van der Waals surface area contributed by atoms with Crippen LogP contribution < -0.4 is 10.1 Å². The van der Waals surface area contributed by atoms with E-state index in [4.69, 9.17) is 4.74 Å². The van der Waals surface area contributed by atoms with Crippen LogP contribution >= 0.6 is 0 Å². The molecule has 21 heavy (non-hydrogen) atoms. The second-order valence-corrected chi connectivity index (χ2v) is 6.92. The smallest absolute Gasteiger partial charge is 0.141 e. The van der Waals surface area contributed by atoms with Crippen molar-refractivity contribution in [2.24, 2.45) is 11.8 Å². The van der Waals surface area contributed by atoms with E-state index in [0.29, 0.717) is 6.04 Å². The van der Waals surface area contributed by atoms with Crippen LogP contribution in [0.1, 0.15) is 38.7 Å². The van der Waals surface area contributed by atoms with Crippen LogP contribution in [0.4, 0.5) is 5.69 Å². The molecule has 1 aromatic carbocycles. The maximum absolute atomic E-state index is 5.53. The lowest BCUT2D eigenvalue weighted by Crippen LogP contribution is -2.33. The molecule has 1 aliphatic carbocycles. The largest absolute Gasteiger partial charge is 0.495 e. The molecule has 1 saturated carbocycles. The Balaban J connectivity index is 2.13. The Morgan fingerprint density at radius 3 is 2.62 bits per heavy atom. The SMILES string of the molecule is COc1ccc(CN(C)C)cc1NC1CCC(C)CC1C. The van der Waals surface area contributed by atoms with E-state index in [1.165, 1.54) is 24.8 Å². The summed E-state index contributed by atoms with van der Waals surface area (Å²) in [7, 11) is 5.95. The molecular weight excluding hydrogens is 260 g/mol. The first-order chi connectivity index (χ1) is 9.99. The summed E-state index contributed by atoms with van der Waals surface area (Å²) in [5.41, 5.74) is 2.46. The number of hydrogen-bond acceptors (Lipinski definition) is 3. The van der Waals surface area contributed by atoms with Crippen molar-refractivity contribution in [2.45, 2.75) is 45.7 Å². The van der Waals surface area contributed by atoms with Crippen LogP contribution in [0.5, 0.6) is 5.75 Å². The average Bonchev–Trinajstić information content (AvgIpc) is 2.41. The molecule has 3 unspecified atom stereocenters. The van der Waals surface area contributed by atoms with Gasteiger partial charge in [-0.3, -0.25) is 0 Å². The molecule has 1 aromatic rings. The van der Waals surface area contributed by atoms with Gasteiger partial charge in [-0.2, -0.15) is 0 Å². The fraction of sp³-hybridized carbons (Fsp3) is 0.667. The Labute approximate surface area is 129 Å². The molecule has 0 amide bonds. The Morgan fingerprint density at radius 2 is 2.00 bits per heavy atom. The molecule has 3 nitrogen and oxygen atoms in total. The summed E-state index contributed by atoms with van der Waals surface area (Å²) in [6, 6.07) is 7.03. The zero-order chi connectivity index (χ0) is 15.4. The molecular formula is C18H30N2O. The van der Waals surface area contributed by atoms with Gasteiger partial charge in [0.15, 0.2) is 0 Å². The zero-order valence-electron chi connectivity index (χ0n) is 14.1. The molecule has 1 aliphatic rings. The number of rotatable bonds is 5. The number of hydrogen-bond donors (Lipinski definition) is 1. The third-order valence-electron chi connectivity index (χ3n) is 4.54. The molecule has 0 aromatic heterocycles. The van der Waals surface area contributed by atoms with Crippen molar-refractivity contribution in [1.82, 2.24) is 4.90 Å². The first-order valence-electron chi connectivity index (χ1n) is 8.07. The average molecular weight is 290 g/mol. The fourth-order valence-electron chi connectivity index (χ4n) is 3.41. The topological polar surface area (TPSA) is 24.5 Å². The Morgan fingerprint density at radius 1 is 1.24 bits per heavy atom. The van der Waals surface area contributed by atoms with Crippen LogP contribution in [0.3, 0.4) is 0 Å². The van der Waals surface area contributed by atoms with Crippen molar-refractivity contribution < 1.29 is 4.74 Å². The van der Waals surface area contributed by atoms with Crippen LogP contribution in [-0.4, -0.2) is 32.1 Å². The molecule has 1 fully saturated rings. The molecule has 118 valence electrons. The van der Waals surface area contributed by atoms with Gasteiger partial charge in [-0.1, -0.05) is 19.9 Å². The predicted octanol–water partition coefficient (Wildman–Crippen LogP) is 3.99. The van der Waals surface area contributed by atoms with Gasteiger partial charge in [-0.25, -0.2) is 0 Å². The van der Waals surface area contributed by atoms with Crippen LogP contribution in [-0.2, 0) is 6.54 Å². The molecule has 0 bridgehead atoms. The van der Waals surface area contributed by atoms with E-state index in [2.05, 4.69) is 56.4 Å². The third-order valence-corrected chi connectivity index (χ3v) is 4.54. The van der Waals surface area contributed by atoms with Crippen LogP contribution in [0.2, 0.25) is 0 Å². The van der Waals surface area contributed by atoms with Crippen molar-refractivity contribution in [3.05, 3.63) is 23.8 Å². The summed E-state index contributed by atoms with van der Waals surface area (Å²) in [5, 5.41) is 3.74. The lowest BCUT2D eigenvalue weighted by atomic mass is 9.80. The fourth-order valence-corrected chi connectivity index (χ4v) is 3.41. The van der Waals surface area contributed by atoms with Crippen LogP contribution in [0, 0.1) is 11.8 Å². The minimum atomic E-state index is 0.560. The van der Waals surface area contributed by atoms with Gasteiger partial charge in [0.1, 0.15) is 5.75 Å².